The molecule has 6 heteroatoms. The third kappa shape index (κ3) is 3.32. The van der Waals surface area contributed by atoms with Crippen molar-refractivity contribution in [3.8, 4) is 34.2 Å². The first-order valence-corrected chi connectivity index (χ1v) is 9.30. The van der Waals surface area contributed by atoms with Crippen LogP contribution in [0.5, 0.6) is 0 Å². The first-order valence-electron chi connectivity index (χ1n) is 9.30. The monoisotopic (exact) mass is 378 g/mol. The number of hydrogen-bond donors (Lipinski definition) is 0. The van der Waals surface area contributed by atoms with Crippen LogP contribution in [0.2, 0.25) is 0 Å². The highest BCUT2D eigenvalue weighted by molar-refractivity contribution is 5.66. The Bertz CT molecular complexity index is 1240. The number of rotatable bonds is 4. The minimum Gasteiger partial charge on any atom is -0.306 e. The average Bonchev–Trinajstić information content (AvgIpc) is 3.42. The van der Waals surface area contributed by atoms with Crippen LogP contribution in [-0.2, 0) is 0 Å². The average molecular weight is 378 g/mol. The lowest BCUT2D eigenvalue weighted by Gasteiger charge is -2.08. The Hall–Kier alpha value is -4.06. The van der Waals surface area contributed by atoms with Crippen LogP contribution in [0.3, 0.4) is 0 Å². The minimum atomic E-state index is 0.818. The summed E-state index contributed by atoms with van der Waals surface area (Å²) in [6.07, 6.45) is 11.2. The molecule has 4 aromatic heterocycles. The molecule has 140 valence electrons. The summed E-state index contributed by atoms with van der Waals surface area (Å²) in [6.45, 7) is 1.98. The van der Waals surface area contributed by atoms with Crippen molar-refractivity contribution in [1.82, 2.24) is 29.1 Å². The Morgan fingerprint density at radius 3 is 2.34 bits per heavy atom. The Labute approximate surface area is 168 Å². The lowest BCUT2D eigenvalue weighted by Crippen LogP contribution is -1.97. The number of aromatic nitrogens is 6. The summed E-state index contributed by atoms with van der Waals surface area (Å²) in [6, 6.07) is 18.0. The second kappa shape index (κ2) is 7.16. The van der Waals surface area contributed by atoms with Gasteiger partial charge in [0.25, 0.3) is 0 Å². The number of imidazole rings is 2. The van der Waals surface area contributed by atoms with E-state index in [0.29, 0.717) is 0 Å². The van der Waals surface area contributed by atoms with Crippen molar-refractivity contribution >= 4 is 0 Å². The van der Waals surface area contributed by atoms with Crippen LogP contribution in [-0.4, -0.2) is 29.1 Å². The van der Waals surface area contributed by atoms with Crippen molar-refractivity contribution in [3.63, 3.8) is 0 Å². The number of pyridine rings is 2. The van der Waals surface area contributed by atoms with E-state index < -0.39 is 0 Å². The maximum absolute atomic E-state index is 4.89. The zero-order valence-electron chi connectivity index (χ0n) is 15.8. The fraction of sp³-hybridized carbons (Fsp3) is 0.0435. The van der Waals surface area contributed by atoms with Crippen molar-refractivity contribution in [2.45, 2.75) is 6.92 Å². The van der Waals surface area contributed by atoms with E-state index in [9.17, 15) is 0 Å². The van der Waals surface area contributed by atoms with Crippen molar-refractivity contribution in [3.05, 3.63) is 97.6 Å². The first-order chi connectivity index (χ1) is 14.3. The standard InChI is InChI=1S/C23H18N6/c1-17-14-28(16-26-17)19-9-7-18(8-10-19)23-27-22(21-6-2-3-12-25-21)15-29(23)20-5-4-11-24-13-20/h2-16H,1H3. The van der Waals surface area contributed by atoms with Crippen LogP contribution in [0.25, 0.3) is 34.2 Å². The number of benzene rings is 1. The predicted octanol–water partition coefficient (Wildman–Crippen LogP) is 4.49. The molecular weight excluding hydrogens is 360 g/mol. The first kappa shape index (κ1) is 17.1. The highest BCUT2D eigenvalue weighted by Gasteiger charge is 2.14. The Morgan fingerprint density at radius 2 is 1.66 bits per heavy atom. The topological polar surface area (TPSA) is 61.4 Å². The van der Waals surface area contributed by atoms with E-state index in [1.165, 1.54) is 0 Å². The van der Waals surface area contributed by atoms with Crippen molar-refractivity contribution < 1.29 is 0 Å². The summed E-state index contributed by atoms with van der Waals surface area (Å²) in [5, 5.41) is 0. The summed E-state index contributed by atoms with van der Waals surface area (Å²) in [5.74, 6) is 0.840. The second-order valence-electron chi connectivity index (χ2n) is 6.72. The predicted molar refractivity (Wildman–Crippen MR) is 112 cm³/mol. The smallest absolute Gasteiger partial charge is 0.145 e. The molecule has 0 aliphatic rings. The molecule has 5 rings (SSSR count). The van der Waals surface area contributed by atoms with Crippen molar-refractivity contribution in [1.29, 1.82) is 0 Å². The lowest BCUT2D eigenvalue weighted by atomic mass is 10.2. The van der Waals surface area contributed by atoms with Gasteiger partial charge in [-0.3, -0.25) is 14.5 Å². The molecule has 0 saturated carbocycles. The molecule has 0 radical (unpaired) electrons. The normalized spacial score (nSPS) is 10.9. The van der Waals surface area contributed by atoms with Crippen LogP contribution in [0.1, 0.15) is 5.69 Å². The van der Waals surface area contributed by atoms with Crippen LogP contribution in [0.15, 0.2) is 91.9 Å². The van der Waals surface area contributed by atoms with Crippen LogP contribution < -0.4 is 0 Å². The molecule has 0 fully saturated rings. The molecular formula is C23H18N6. The van der Waals surface area contributed by atoms with Gasteiger partial charge in [0, 0.05) is 36.0 Å². The summed E-state index contributed by atoms with van der Waals surface area (Å²) < 4.78 is 4.05. The SMILES string of the molecule is Cc1cn(-c2ccc(-c3nc(-c4ccccn4)cn3-c3cccnc3)cc2)cn1. The quantitative estimate of drug-likeness (QED) is 0.462. The molecule has 0 saturated heterocycles. The van der Waals surface area contributed by atoms with Crippen LogP contribution in [0, 0.1) is 6.92 Å². The molecule has 0 aliphatic carbocycles. The molecule has 0 spiro atoms. The third-order valence-electron chi connectivity index (χ3n) is 4.69. The van der Waals surface area contributed by atoms with Gasteiger partial charge in [-0.05, 0) is 55.5 Å². The van der Waals surface area contributed by atoms with Gasteiger partial charge in [0.2, 0.25) is 0 Å². The van der Waals surface area contributed by atoms with Gasteiger partial charge in [-0.2, -0.15) is 0 Å². The number of nitrogens with zero attached hydrogens (tertiary/aromatic N) is 6. The van der Waals surface area contributed by atoms with Gasteiger partial charge in [-0.1, -0.05) is 6.07 Å². The van der Waals surface area contributed by atoms with Gasteiger partial charge in [0.1, 0.15) is 11.5 Å². The Kier molecular flexibility index (Phi) is 4.22. The molecule has 0 aliphatic heterocycles. The van der Waals surface area contributed by atoms with Gasteiger partial charge >= 0.3 is 0 Å². The largest absolute Gasteiger partial charge is 0.306 e. The fourth-order valence-corrected chi connectivity index (χ4v) is 3.26. The minimum absolute atomic E-state index is 0.818. The summed E-state index contributed by atoms with van der Waals surface area (Å²) in [5.41, 5.74) is 5.66. The molecule has 29 heavy (non-hydrogen) atoms. The van der Waals surface area contributed by atoms with Crippen LogP contribution >= 0.6 is 0 Å². The summed E-state index contributed by atoms with van der Waals surface area (Å²) in [4.78, 5) is 17.9. The molecule has 0 amide bonds. The molecule has 0 unspecified atom stereocenters. The molecule has 1 aromatic carbocycles. The van der Waals surface area contributed by atoms with E-state index in [1.54, 1.807) is 12.4 Å². The zero-order valence-corrected chi connectivity index (χ0v) is 15.8. The molecule has 5 aromatic rings. The van der Waals surface area contributed by atoms with E-state index >= 15 is 0 Å². The van der Waals surface area contributed by atoms with E-state index in [-0.39, 0.29) is 0 Å². The zero-order chi connectivity index (χ0) is 19.6. The molecule has 6 nitrogen and oxygen atoms in total. The van der Waals surface area contributed by atoms with E-state index in [1.807, 2.05) is 71.3 Å². The molecule has 0 bridgehead atoms. The highest BCUT2D eigenvalue weighted by atomic mass is 15.1. The summed E-state index contributed by atoms with van der Waals surface area (Å²) >= 11 is 0. The summed E-state index contributed by atoms with van der Waals surface area (Å²) in [7, 11) is 0. The van der Waals surface area contributed by atoms with E-state index in [0.717, 1.165) is 39.8 Å². The maximum Gasteiger partial charge on any atom is 0.145 e. The fourth-order valence-electron chi connectivity index (χ4n) is 3.26. The molecule has 0 N–H and O–H groups in total. The molecule has 4 heterocycles. The van der Waals surface area contributed by atoms with Gasteiger partial charge < -0.3 is 4.57 Å². The number of aryl methyl sites for hydroxylation is 1. The van der Waals surface area contributed by atoms with Crippen molar-refractivity contribution in [2.24, 2.45) is 0 Å². The van der Waals surface area contributed by atoms with Gasteiger partial charge in [-0.25, -0.2) is 9.97 Å². The number of hydrogen-bond acceptors (Lipinski definition) is 4. The second-order valence-corrected chi connectivity index (χ2v) is 6.72. The maximum atomic E-state index is 4.89. The highest BCUT2D eigenvalue weighted by Crippen LogP contribution is 2.27. The van der Waals surface area contributed by atoms with Gasteiger partial charge in [-0.15, -0.1) is 0 Å². The van der Waals surface area contributed by atoms with Gasteiger partial charge in [0.15, 0.2) is 0 Å². The van der Waals surface area contributed by atoms with E-state index in [4.69, 9.17) is 4.98 Å². The van der Waals surface area contributed by atoms with Gasteiger partial charge in [0.05, 0.1) is 29.6 Å². The van der Waals surface area contributed by atoms with Crippen molar-refractivity contribution in [2.75, 3.05) is 0 Å². The Morgan fingerprint density at radius 1 is 0.759 bits per heavy atom. The molecule has 0 atom stereocenters. The third-order valence-corrected chi connectivity index (χ3v) is 4.69. The Balaban J connectivity index is 1.61. The van der Waals surface area contributed by atoms with Crippen LogP contribution in [0.4, 0.5) is 0 Å². The van der Waals surface area contributed by atoms with E-state index in [2.05, 4.69) is 39.2 Å². The lowest BCUT2D eigenvalue weighted by molar-refractivity contribution is 1.04.